The number of carbonyl (C=O) groups excluding carboxylic acids is 1. The standard InChI is InChI=1S/C13H17BrN2O3/c1-8(17)10-3-2-9(6-11(10)14)16-4-5-19-7-12(16)13(15)18/h2-3,6,8,12,17H,4-5,7H2,1H3,(H2,15,18). The summed E-state index contributed by atoms with van der Waals surface area (Å²) in [5.41, 5.74) is 7.10. The smallest absolute Gasteiger partial charge is 0.242 e. The highest BCUT2D eigenvalue weighted by Crippen LogP contribution is 2.29. The van der Waals surface area contributed by atoms with E-state index in [1.165, 1.54) is 0 Å². The summed E-state index contributed by atoms with van der Waals surface area (Å²) in [6.07, 6.45) is -0.542. The molecule has 1 amide bonds. The highest BCUT2D eigenvalue weighted by atomic mass is 79.9. The minimum Gasteiger partial charge on any atom is -0.389 e. The Kier molecular flexibility index (Phi) is 4.44. The van der Waals surface area contributed by atoms with Crippen LogP contribution in [-0.4, -0.2) is 36.8 Å². The average molecular weight is 329 g/mol. The van der Waals surface area contributed by atoms with Crippen molar-refractivity contribution in [2.45, 2.75) is 19.1 Å². The Morgan fingerprint density at radius 2 is 2.37 bits per heavy atom. The van der Waals surface area contributed by atoms with Gasteiger partial charge in [-0.2, -0.15) is 0 Å². The van der Waals surface area contributed by atoms with E-state index in [2.05, 4.69) is 15.9 Å². The van der Waals surface area contributed by atoms with E-state index in [1.807, 2.05) is 23.1 Å². The molecular weight excluding hydrogens is 312 g/mol. The molecule has 2 unspecified atom stereocenters. The largest absolute Gasteiger partial charge is 0.389 e. The van der Waals surface area contributed by atoms with Gasteiger partial charge in [0.1, 0.15) is 6.04 Å². The number of aliphatic hydroxyl groups excluding tert-OH is 1. The summed E-state index contributed by atoms with van der Waals surface area (Å²) in [5, 5.41) is 9.61. The van der Waals surface area contributed by atoms with Crippen LogP contribution < -0.4 is 10.6 Å². The summed E-state index contributed by atoms with van der Waals surface area (Å²) in [6, 6.07) is 5.17. The van der Waals surface area contributed by atoms with E-state index >= 15 is 0 Å². The second-order valence-corrected chi connectivity index (χ2v) is 5.42. The molecule has 104 valence electrons. The first-order valence-electron chi connectivity index (χ1n) is 6.12. The van der Waals surface area contributed by atoms with Crippen molar-refractivity contribution in [3.8, 4) is 0 Å². The van der Waals surface area contributed by atoms with Gasteiger partial charge in [0, 0.05) is 16.7 Å². The SMILES string of the molecule is CC(O)c1ccc(N2CCOCC2C(N)=O)cc1Br. The van der Waals surface area contributed by atoms with Gasteiger partial charge in [-0.3, -0.25) is 4.79 Å². The topological polar surface area (TPSA) is 75.8 Å². The van der Waals surface area contributed by atoms with Crippen LogP contribution in [0.4, 0.5) is 5.69 Å². The number of rotatable bonds is 3. The molecule has 1 aromatic carbocycles. The van der Waals surface area contributed by atoms with Gasteiger partial charge in [0.05, 0.1) is 19.3 Å². The second-order valence-electron chi connectivity index (χ2n) is 4.57. The first kappa shape index (κ1) is 14.3. The van der Waals surface area contributed by atoms with E-state index in [0.717, 1.165) is 15.7 Å². The zero-order valence-electron chi connectivity index (χ0n) is 10.7. The normalized spacial score (nSPS) is 21.2. The average Bonchev–Trinajstić information content (AvgIpc) is 2.38. The van der Waals surface area contributed by atoms with Gasteiger partial charge in [0.15, 0.2) is 0 Å². The Balaban J connectivity index is 2.29. The quantitative estimate of drug-likeness (QED) is 0.874. The van der Waals surface area contributed by atoms with Crippen molar-refractivity contribution in [1.82, 2.24) is 0 Å². The van der Waals surface area contributed by atoms with Crippen LogP contribution in [0.15, 0.2) is 22.7 Å². The van der Waals surface area contributed by atoms with Crippen molar-refractivity contribution < 1.29 is 14.6 Å². The van der Waals surface area contributed by atoms with Gasteiger partial charge in [-0.15, -0.1) is 0 Å². The van der Waals surface area contributed by atoms with Crippen molar-refractivity contribution in [3.05, 3.63) is 28.2 Å². The molecule has 0 aliphatic carbocycles. The number of hydrogen-bond acceptors (Lipinski definition) is 4. The lowest BCUT2D eigenvalue weighted by Crippen LogP contribution is -2.52. The molecule has 0 spiro atoms. The summed E-state index contributed by atoms with van der Waals surface area (Å²) in [6.45, 7) is 3.21. The number of aliphatic hydroxyl groups is 1. The molecule has 3 N–H and O–H groups in total. The summed E-state index contributed by atoms with van der Waals surface area (Å²) >= 11 is 3.44. The maximum atomic E-state index is 11.4. The minimum atomic E-state index is -0.542. The molecule has 2 atom stereocenters. The molecule has 1 heterocycles. The van der Waals surface area contributed by atoms with E-state index in [-0.39, 0.29) is 0 Å². The van der Waals surface area contributed by atoms with Crippen molar-refractivity contribution in [1.29, 1.82) is 0 Å². The summed E-state index contributed by atoms with van der Waals surface area (Å²) in [7, 11) is 0. The van der Waals surface area contributed by atoms with Gasteiger partial charge in [-0.25, -0.2) is 0 Å². The van der Waals surface area contributed by atoms with Gasteiger partial charge in [-0.05, 0) is 24.6 Å². The maximum absolute atomic E-state index is 11.4. The first-order valence-corrected chi connectivity index (χ1v) is 6.91. The number of halogens is 1. The lowest BCUT2D eigenvalue weighted by atomic mass is 10.1. The van der Waals surface area contributed by atoms with E-state index in [0.29, 0.717) is 19.8 Å². The molecule has 1 aliphatic rings. The van der Waals surface area contributed by atoms with Crippen LogP contribution in [0.25, 0.3) is 0 Å². The van der Waals surface area contributed by atoms with Crippen molar-refractivity contribution in [3.63, 3.8) is 0 Å². The molecule has 0 radical (unpaired) electrons. The van der Waals surface area contributed by atoms with E-state index in [1.54, 1.807) is 6.92 Å². The lowest BCUT2D eigenvalue weighted by molar-refractivity contribution is -0.121. The first-order chi connectivity index (χ1) is 9.00. The predicted molar refractivity (Wildman–Crippen MR) is 75.9 cm³/mol. The Morgan fingerprint density at radius 3 is 2.95 bits per heavy atom. The number of nitrogens with two attached hydrogens (primary N) is 1. The summed E-state index contributed by atoms with van der Waals surface area (Å²) in [5.74, 6) is -0.393. The van der Waals surface area contributed by atoms with Crippen LogP contribution in [0.5, 0.6) is 0 Å². The maximum Gasteiger partial charge on any atom is 0.242 e. The third-order valence-electron chi connectivity index (χ3n) is 3.22. The molecule has 2 rings (SSSR count). The van der Waals surface area contributed by atoms with Crippen LogP contribution in [0.3, 0.4) is 0 Å². The van der Waals surface area contributed by atoms with E-state index < -0.39 is 18.1 Å². The number of hydrogen-bond donors (Lipinski definition) is 2. The third-order valence-corrected chi connectivity index (χ3v) is 3.91. The van der Waals surface area contributed by atoms with Gasteiger partial charge in [0.25, 0.3) is 0 Å². The Bertz CT molecular complexity index is 479. The minimum absolute atomic E-state index is 0.311. The third kappa shape index (κ3) is 3.08. The van der Waals surface area contributed by atoms with Crippen LogP contribution in [0, 0.1) is 0 Å². The van der Waals surface area contributed by atoms with Gasteiger partial charge >= 0.3 is 0 Å². The second kappa shape index (κ2) is 5.90. The van der Waals surface area contributed by atoms with Crippen molar-refractivity contribution >= 4 is 27.5 Å². The number of benzene rings is 1. The Labute approximate surface area is 120 Å². The van der Waals surface area contributed by atoms with Gasteiger partial charge in [-0.1, -0.05) is 22.0 Å². The molecule has 1 saturated heterocycles. The highest BCUT2D eigenvalue weighted by molar-refractivity contribution is 9.10. The molecule has 1 fully saturated rings. The number of anilines is 1. The van der Waals surface area contributed by atoms with Gasteiger partial charge in [0.2, 0.25) is 5.91 Å². The monoisotopic (exact) mass is 328 g/mol. The van der Waals surface area contributed by atoms with Crippen molar-refractivity contribution in [2.75, 3.05) is 24.7 Å². The lowest BCUT2D eigenvalue weighted by Gasteiger charge is -2.35. The van der Waals surface area contributed by atoms with Crippen LogP contribution >= 0.6 is 15.9 Å². The van der Waals surface area contributed by atoms with E-state index in [4.69, 9.17) is 10.5 Å². The van der Waals surface area contributed by atoms with Crippen LogP contribution in [0.2, 0.25) is 0 Å². The highest BCUT2D eigenvalue weighted by Gasteiger charge is 2.28. The molecule has 1 aliphatic heterocycles. The number of nitrogens with zero attached hydrogens (tertiary/aromatic N) is 1. The van der Waals surface area contributed by atoms with Crippen LogP contribution in [0.1, 0.15) is 18.6 Å². The number of ether oxygens (including phenoxy) is 1. The number of morpholine rings is 1. The Morgan fingerprint density at radius 1 is 1.63 bits per heavy atom. The number of carbonyl (C=O) groups is 1. The van der Waals surface area contributed by atoms with E-state index in [9.17, 15) is 9.90 Å². The molecule has 5 nitrogen and oxygen atoms in total. The summed E-state index contributed by atoms with van der Waals surface area (Å²) in [4.78, 5) is 13.4. The fourth-order valence-corrected chi connectivity index (χ4v) is 2.88. The van der Waals surface area contributed by atoms with Crippen molar-refractivity contribution in [2.24, 2.45) is 5.73 Å². The Hall–Kier alpha value is -1.11. The number of primary amides is 1. The predicted octanol–water partition coefficient (Wildman–Crippen LogP) is 1.19. The zero-order valence-corrected chi connectivity index (χ0v) is 12.3. The molecule has 0 saturated carbocycles. The van der Waals surface area contributed by atoms with Crippen LogP contribution in [-0.2, 0) is 9.53 Å². The van der Waals surface area contributed by atoms with Gasteiger partial charge < -0.3 is 20.5 Å². The number of amides is 1. The summed E-state index contributed by atoms with van der Waals surface area (Å²) < 4.78 is 6.11. The zero-order chi connectivity index (χ0) is 14.0. The molecular formula is C13H17BrN2O3. The molecule has 6 heteroatoms. The molecule has 19 heavy (non-hydrogen) atoms. The fourth-order valence-electron chi connectivity index (χ4n) is 2.18. The molecule has 1 aromatic rings. The molecule has 0 bridgehead atoms. The molecule has 0 aromatic heterocycles. The fraction of sp³-hybridized carbons (Fsp3) is 0.462.